The van der Waals surface area contributed by atoms with Crippen LogP contribution in [0.2, 0.25) is 0 Å². The number of fused-ring (bicyclic) bond motifs is 2. The third kappa shape index (κ3) is 4.40. The standard InChI is InChI=1S/C37H30S/c1-3-5-13-26(4-2)36-30-16-9-11-18-32(30)37(33-19-12-10-17-31(33)36)29-22-20-28(21-23-29)35-25-24-34(38-35)27-14-7-6-8-15-27/h4-25H,3H2,1-2H3/b13-5-,26-4+. The maximum absolute atomic E-state index is 2.29. The lowest BCUT2D eigenvalue weighted by Gasteiger charge is -2.18. The van der Waals surface area contributed by atoms with Gasteiger partial charge in [-0.3, -0.25) is 0 Å². The highest BCUT2D eigenvalue weighted by Gasteiger charge is 2.16. The molecule has 0 radical (unpaired) electrons. The molecule has 0 N–H and O–H groups in total. The van der Waals surface area contributed by atoms with Gasteiger partial charge in [0.2, 0.25) is 0 Å². The van der Waals surface area contributed by atoms with E-state index in [4.69, 9.17) is 0 Å². The number of rotatable bonds is 6. The molecule has 0 amide bonds. The van der Waals surface area contributed by atoms with Crippen molar-refractivity contribution < 1.29 is 0 Å². The molecule has 0 fully saturated rings. The number of allylic oxidation sites excluding steroid dienone is 4. The van der Waals surface area contributed by atoms with Crippen LogP contribution in [-0.2, 0) is 0 Å². The molecule has 0 unspecified atom stereocenters. The van der Waals surface area contributed by atoms with Gasteiger partial charge in [0, 0.05) is 9.75 Å². The normalized spacial score (nSPS) is 12.1. The average molecular weight is 507 g/mol. The lowest BCUT2D eigenvalue weighted by Crippen LogP contribution is -1.92. The second-order valence-electron chi connectivity index (χ2n) is 9.50. The molecule has 1 heterocycles. The Morgan fingerprint density at radius 2 is 1.08 bits per heavy atom. The highest BCUT2D eigenvalue weighted by molar-refractivity contribution is 7.18. The first-order valence-corrected chi connectivity index (χ1v) is 14.1. The van der Waals surface area contributed by atoms with E-state index in [9.17, 15) is 0 Å². The van der Waals surface area contributed by atoms with Crippen molar-refractivity contribution in [3.05, 3.63) is 139 Å². The van der Waals surface area contributed by atoms with E-state index in [1.807, 2.05) is 11.3 Å². The Morgan fingerprint density at radius 3 is 1.63 bits per heavy atom. The van der Waals surface area contributed by atoms with Crippen LogP contribution in [0.15, 0.2) is 133 Å². The van der Waals surface area contributed by atoms with Crippen molar-refractivity contribution in [3.8, 4) is 32.0 Å². The minimum absolute atomic E-state index is 1.02. The fourth-order valence-corrected chi connectivity index (χ4v) is 6.39. The molecule has 184 valence electrons. The molecular formula is C37H30S. The Bertz CT molecular complexity index is 1720. The number of hydrogen-bond donors (Lipinski definition) is 0. The second-order valence-corrected chi connectivity index (χ2v) is 10.6. The van der Waals surface area contributed by atoms with E-state index in [0.29, 0.717) is 0 Å². The molecular weight excluding hydrogens is 476 g/mol. The molecule has 38 heavy (non-hydrogen) atoms. The van der Waals surface area contributed by atoms with Gasteiger partial charge in [-0.1, -0.05) is 128 Å². The number of hydrogen-bond acceptors (Lipinski definition) is 1. The first-order valence-electron chi connectivity index (χ1n) is 13.3. The van der Waals surface area contributed by atoms with Gasteiger partial charge in [-0.2, -0.15) is 0 Å². The summed E-state index contributed by atoms with van der Waals surface area (Å²) in [6.07, 6.45) is 7.78. The van der Waals surface area contributed by atoms with Crippen LogP contribution in [0.25, 0.3) is 59.1 Å². The SMILES string of the molecule is C/C=C(\C=C/CC)c1c2ccccc2c(-c2ccc(-c3ccc(-c4ccccc4)s3)cc2)c2ccccc12. The van der Waals surface area contributed by atoms with Crippen LogP contribution in [0.4, 0.5) is 0 Å². The minimum Gasteiger partial charge on any atom is -0.135 e. The predicted molar refractivity (Wildman–Crippen MR) is 169 cm³/mol. The maximum atomic E-state index is 2.29. The summed E-state index contributed by atoms with van der Waals surface area (Å²) in [5.41, 5.74) is 7.67. The molecule has 0 bridgehead atoms. The largest absolute Gasteiger partial charge is 0.135 e. The number of benzene rings is 5. The highest BCUT2D eigenvalue weighted by Crippen LogP contribution is 2.43. The third-order valence-electron chi connectivity index (χ3n) is 7.19. The summed E-state index contributed by atoms with van der Waals surface area (Å²) < 4.78 is 0. The Balaban J connectivity index is 1.50. The fourth-order valence-electron chi connectivity index (χ4n) is 5.37. The fraction of sp³-hybridized carbons (Fsp3) is 0.0811. The van der Waals surface area contributed by atoms with Crippen molar-refractivity contribution in [1.82, 2.24) is 0 Å². The topological polar surface area (TPSA) is 0 Å². The van der Waals surface area contributed by atoms with Crippen LogP contribution in [-0.4, -0.2) is 0 Å². The monoisotopic (exact) mass is 506 g/mol. The van der Waals surface area contributed by atoms with Crippen LogP contribution in [0.3, 0.4) is 0 Å². The molecule has 1 aromatic heterocycles. The van der Waals surface area contributed by atoms with Crippen LogP contribution in [0.1, 0.15) is 25.8 Å². The zero-order valence-corrected chi connectivity index (χ0v) is 22.6. The lowest BCUT2D eigenvalue weighted by molar-refractivity contribution is 1.22. The first-order chi connectivity index (χ1) is 18.8. The molecule has 5 aromatic carbocycles. The summed E-state index contributed by atoms with van der Waals surface area (Å²) in [5, 5.41) is 5.18. The van der Waals surface area contributed by atoms with Crippen molar-refractivity contribution in [1.29, 1.82) is 0 Å². The molecule has 0 saturated carbocycles. The zero-order chi connectivity index (χ0) is 25.9. The van der Waals surface area contributed by atoms with Crippen LogP contribution in [0, 0.1) is 0 Å². The molecule has 1 heteroatoms. The van der Waals surface area contributed by atoms with Gasteiger partial charge < -0.3 is 0 Å². The van der Waals surface area contributed by atoms with E-state index in [1.165, 1.54) is 64.7 Å². The molecule has 0 spiro atoms. The summed E-state index contributed by atoms with van der Waals surface area (Å²) in [6, 6.07) is 41.9. The van der Waals surface area contributed by atoms with Gasteiger partial charge in [0.15, 0.2) is 0 Å². The second kappa shape index (κ2) is 10.7. The molecule has 6 rings (SSSR count). The van der Waals surface area contributed by atoms with Gasteiger partial charge in [-0.15, -0.1) is 11.3 Å². The first kappa shape index (κ1) is 24.2. The van der Waals surface area contributed by atoms with Crippen molar-refractivity contribution in [3.63, 3.8) is 0 Å². The molecule has 0 aliphatic rings. The number of thiophene rings is 1. The molecule has 6 aromatic rings. The van der Waals surface area contributed by atoms with Gasteiger partial charge >= 0.3 is 0 Å². The molecule has 0 saturated heterocycles. The van der Waals surface area contributed by atoms with Crippen molar-refractivity contribution >= 4 is 38.5 Å². The Kier molecular flexibility index (Phi) is 6.77. The zero-order valence-electron chi connectivity index (χ0n) is 21.8. The van der Waals surface area contributed by atoms with E-state index in [-0.39, 0.29) is 0 Å². The van der Waals surface area contributed by atoms with Crippen molar-refractivity contribution in [2.45, 2.75) is 20.3 Å². The van der Waals surface area contributed by atoms with Crippen LogP contribution < -0.4 is 0 Å². The predicted octanol–water partition coefficient (Wildman–Crippen LogP) is 11.4. The lowest BCUT2D eigenvalue weighted by atomic mass is 9.85. The Hall–Kier alpha value is -4.20. The van der Waals surface area contributed by atoms with E-state index >= 15 is 0 Å². The van der Waals surface area contributed by atoms with E-state index in [1.54, 1.807) is 0 Å². The van der Waals surface area contributed by atoms with E-state index in [0.717, 1.165) is 6.42 Å². The van der Waals surface area contributed by atoms with Gasteiger partial charge in [0.1, 0.15) is 0 Å². The van der Waals surface area contributed by atoms with E-state index < -0.39 is 0 Å². The van der Waals surface area contributed by atoms with Gasteiger partial charge in [-0.25, -0.2) is 0 Å². The van der Waals surface area contributed by atoms with Gasteiger partial charge in [0.05, 0.1) is 0 Å². The van der Waals surface area contributed by atoms with Crippen molar-refractivity contribution in [2.75, 3.05) is 0 Å². The summed E-state index contributed by atoms with van der Waals surface area (Å²) in [6.45, 7) is 4.32. The summed E-state index contributed by atoms with van der Waals surface area (Å²) in [5.74, 6) is 0. The molecule has 0 atom stereocenters. The smallest absolute Gasteiger partial charge is 0.0349 e. The summed E-state index contributed by atoms with van der Waals surface area (Å²) >= 11 is 1.85. The quantitative estimate of drug-likeness (QED) is 0.156. The Labute approximate surface area is 229 Å². The average Bonchev–Trinajstić information content (AvgIpc) is 3.48. The maximum Gasteiger partial charge on any atom is 0.0349 e. The van der Waals surface area contributed by atoms with E-state index in [2.05, 4.69) is 147 Å². The molecule has 0 aliphatic heterocycles. The molecule has 0 nitrogen and oxygen atoms in total. The van der Waals surface area contributed by atoms with Gasteiger partial charge in [0.25, 0.3) is 0 Å². The third-order valence-corrected chi connectivity index (χ3v) is 8.37. The van der Waals surface area contributed by atoms with Crippen LogP contribution >= 0.6 is 11.3 Å². The highest BCUT2D eigenvalue weighted by atomic mass is 32.1. The summed E-state index contributed by atoms with van der Waals surface area (Å²) in [7, 11) is 0. The minimum atomic E-state index is 1.02. The van der Waals surface area contributed by atoms with Crippen LogP contribution in [0.5, 0.6) is 0 Å². The molecule has 0 aliphatic carbocycles. The van der Waals surface area contributed by atoms with Gasteiger partial charge in [-0.05, 0) is 80.4 Å². The van der Waals surface area contributed by atoms with Crippen molar-refractivity contribution in [2.24, 2.45) is 0 Å². The Morgan fingerprint density at radius 1 is 0.579 bits per heavy atom. The summed E-state index contributed by atoms with van der Waals surface area (Å²) in [4.78, 5) is 2.59.